The lowest BCUT2D eigenvalue weighted by Gasteiger charge is -2.24. The van der Waals surface area contributed by atoms with Gasteiger partial charge in [-0.15, -0.1) is 11.3 Å². The molecule has 0 aliphatic heterocycles. The molecule has 1 N–H and O–H groups in total. The Labute approximate surface area is 120 Å². The van der Waals surface area contributed by atoms with Crippen molar-refractivity contribution in [3.63, 3.8) is 0 Å². The topological polar surface area (TPSA) is 57.6 Å². The highest BCUT2D eigenvalue weighted by atomic mass is 32.2. The molecule has 0 atom stereocenters. The van der Waals surface area contributed by atoms with Crippen molar-refractivity contribution in [1.29, 1.82) is 0 Å². The van der Waals surface area contributed by atoms with Crippen LogP contribution in [0.5, 0.6) is 0 Å². The van der Waals surface area contributed by atoms with E-state index in [1.807, 2.05) is 6.07 Å². The molecule has 0 bridgehead atoms. The van der Waals surface area contributed by atoms with Crippen LogP contribution >= 0.6 is 11.3 Å². The largest absolute Gasteiger partial charge is 0.389 e. The van der Waals surface area contributed by atoms with Crippen LogP contribution in [-0.4, -0.2) is 37.0 Å². The molecule has 0 aliphatic rings. The van der Waals surface area contributed by atoms with Gasteiger partial charge in [0.2, 0.25) is 0 Å². The van der Waals surface area contributed by atoms with Crippen molar-refractivity contribution in [3.05, 3.63) is 17.0 Å². The Morgan fingerprint density at radius 1 is 1.21 bits per heavy atom. The summed E-state index contributed by atoms with van der Waals surface area (Å²) in [5.41, 5.74) is -1.11. The number of rotatable bonds is 4. The maximum absolute atomic E-state index is 12.4. The van der Waals surface area contributed by atoms with Crippen molar-refractivity contribution in [2.24, 2.45) is 0 Å². The van der Waals surface area contributed by atoms with Gasteiger partial charge in [0.1, 0.15) is 4.21 Å². The van der Waals surface area contributed by atoms with Crippen LogP contribution in [0.25, 0.3) is 0 Å². The number of aliphatic hydroxyl groups is 1. The van der Waals surface area contributed by atoms with E-state index in [4.69, 9.17) is 0 Å². The Morgan fingerprint density at radius 2 is 1.74 bits per heavy atom. The molecule has 0 radical (unpaired) electrons. The average Bonchev–Trinajstić information content (AvgIpc) is 2.62. The molecular weight excluding hydrogens is 282 g/mol. The van der Waals surface area contributed by atoms with Gasteiger partial charge in [0.15, 0.2) is 0 Å². The molecule has 1 heterocycles. The van der Waals surface area contributed by atoms with E-state index in [-0.39, 0.29) is 12.0 Å². The average molecular weight is 305 g/mol. The molecule has 0 unspecified atom stereocenters. The fraction of sp³-hybridized carbons (Fsp3) is 0.692. The Balaban J connectivity index is 3.05. The highest BCUT2D eigenvalue weighted by Gasteiger charge is 2.28. The molecule has 0 amide bonds. The van der Waals surface area contributed by atoms with Gasteiger partial charge in [-0.1, -0.05) is 20.8 Å². The Kier molecular flexibility index (Phi) is 4.52. The van der Waals surface area contributed by atoms with E-state index in [1.54, 1.807) is 19.9 Å². The van der Waals surface area contributed by atoms with Crippen molar-refractivity contribution >= 4 is 21.4 Å². The number of hydrogen-bond donors (Lipinski definition) is 1. The molecule has 19 heavy (non-hydrogen) atoms. The molecule has 4 nitrogen and oxygen atoms in total. The van der Waals surface area contributed by atoms with Crippen LogP contribution in [-0.2, 0) is 15.4 Å². The smallest absolute Gasteiger partial charge is 0.252 e. The van der Waals surface area contributed by atoms with E-state index < -0.39 is 15.6 Å². The number of thiophene rings is 1. The summed E-state index contributed by atoms with van der Waals surface area (Å²) in [6.45, 7) is 9.40. The van der Waals surface area contributed by atoms with Crippen molar-refractivity contribution in [3.8, 4) is 0 Å². The zero-order valence-corrected chi connectivity index (χ0v) is 14.0. The van der Waals surface area contributed by atoms with E-state index in [9.17, 15) is 13.5 Å². The minimum atomic E-state index is -3.52. The molecule has 0 aromatic carbocycles. The monoisotopic (exact) mass is 305 g/mol. The summed E-state index contributed by atoms with van der Waals surface area (Å²) in [7, 11) is -2.03. The first-order valence-corrected chi connectivity index (χ1v) is 8.39. The van der Waals surface area contributed by atoms with Crippen molar-refractivity contribution in [2.45, 2.75) is 49.8 Å². The summed E-state index contributed by atoms with van der Waals surface area (Å²) in [6.07, 6.45) is 0. The number of nitrogens with zero attached hydrogens (tertiary/aromatic N) is 1. The SMILES string of the molecule is CN(CC(C)(C)O)S(=O)(=O)c1ccc(C(C)(C)C)s1. The van der Waals surface area contributed by atoms with Crippen molar-refractivity contribution in [1.82, 2.24) is 4.31 Å². The second-order valence-corrected chi connectivity index (χ2v) is 9.80. The normalized spacial score (nSPS) is 14.1. The number of likely N-dealkylation sites (N-methyl/N-ethyl adjacent to an activating group) is 1. The number of sulfonamides is 1. The zero-order valence-electron chi connectivity index (χ0n) is 12.4. The fourth-order valence-corrected chi connectivity index (χ4v) is 4.55. The van der Waals surface area contributed by atoms with Gasteiger partial charge in [-0.25, -0.2) is 8.42 Å². The Hall–Kier alpha value is -0.430. The lowest BCUT2D eigenvalue weighted by Crippen LogP contribution is -2.39. The maximum atomic E-state index is 12.4. The fourth-order valence-electron chi connectivity index (χ4n) is 1.65. The van der Waals surface area contributed by atoms with Crippen molar-refractivity contribution < 1.29 is 13.5 Å². The van der Waals surface area contributed by atoms with Gasteiger partial charge in [-0.2, -0.15) is 4.31 Å². The van der Waals surface area contributed by atoms with Gasteiger partial charge in [0.25, 0.3) is 10.0 Å². The highest BCUT2D eigenvalue weighted by molar-refractivity contribution is 7.91. The van der Waals surface area contributed by atoms with Crippen molar-refractivity contribution in [2.75, 3.05) is 13.6 Å². The van der Waals surface area contributed by atoms with Gasteiger partial charge in [0, 0.05) is 18.5 Å². The van der Waals surface area contributed by atoms with E-state index in [0.29, 0.717) is 4.21 Å². The third kappa shape index (κ3) is 4.27. The summed E-state index contributed by atoms with van der Waals surface area (Å²) in [5.74, 6) is 0. The third-order valence-corrected chi connectivity index (χ3v) is 6.38. The molecule has 0 saturated heterocycles. The zero-order chi connectivity index (χ0) is 15.1. The van der Waals surface area contributed by atoms with Crippen LogP contribution in [0.15, 0.2) is 16.3 Å². The number of hydrogen-bond acceptors (Lipinski definition) is 4. The molecule has 1 aromatic rings. The molecular formula is C13H23NO3S2. The summed E-state index contributed by atoms with van der Waals surface area (Å²) in [6, 6.07) is 3.50. The molecule has 1 aromatic heterocycles. The van der Waals surface area contributed by atoms with Crippen LogP contribution in [0.4, 0.5) is 0 Å². The Bertz CT molecular complexity index is 533. The molecule has 0 aliphatic carbocycles. The van der Waals surface area contributed by atoms with Crippen LogP contribution < -0.4 is 0 Å². The summed E-state index contributed by atoms with van der Waals surface area (Å²) in [5, 5.41) is 9.73. The highest BCUT2D eigenvalue weighted by Crippen LogP contribution is 2.32. The first-order chi connectivity index (χ1) is 8.34. The molecule has 0 saturated carbocycles. The predicted octanol–water partition coefficient (Wildman–Crippen LogP) is 2.44. The van der Waals surface area contributed by atoms with Crippen LogP contribution in [0.1, 0.15) is 39.5 Å². The van der Waals surface area contributed by atoms with Gasteiger partial charge in [-0.3, -0.25) is 0 Å². The van der Waals surface area contributed by atoms with E-state index in [1.165, 1.54) is 22.7 Å². The quantitative estimate of drug-likeness (QED) is 0.929. The van der Waals surface area contributed by atoms with Crippen LogP contribution in [0.2, 0.25) is 0 Å². The minimum absolute atomic E-state index is 0.0622. The standard InChI is InChI=1S/C13H23NO3S2/c1-12(2,3)10-7-8-11(18-10)19(16,17)14(6)9-13(4,5)15/h7-8,15H,9H2,1-6H3. The van der Waals surface area contributed by atoms with Gasteiger partial charge in [-0.05, 0) is 31.4 Å². The molecule has 0 fully saturated rings. The van der Waals surface area contributed by atoms with E-state index in [2.05, 4.69) is 20.8 Å². The summed E-state index contributed by atoms with van der Waals surface area (Å²) >= 11 is 1.29. The molecule has 110 valence electrons. The second-order valence-electron chi connectivity index (χ2n) is 6.44. The molecule has 1 rings (SSSR count). The van der Waals surface area contributed by atoms with E-state index in [0.717, 1.165) is 4.88 Å². The maximum Gasteiger partial charge on any atom is 0.252 e. The minimum Gasteiger partial charge on any atom is -0.389 e. The van der Waals surface area contributed by atoms with Crippen LogP contribution in [0, 0.1) is 0 Å². The molecule has 0 spiro atoms. The van der Waals surface area contributed by atoms with Gasteiger partial charge in [0.05, 0.1) is 5.60 Å². The first-order valence-electron chi connectivity index (χ1n) is 6.13. The van der Waals surface area contributed by atoms with Gasteiger partial charge >= 0.3 is 0 Å². The summed E-state index contributed by atoms with van der Waals surface area (Å²) in [4.78, 5) is 1.03. The molecule has 6 heteroatoms. The lowest BCUT2D eigenvalue weighted by molar-refractivity contribution is 0.0640. The lowest BCUT2D eigenvalue weighted by atomic mass is 9.95. The summed E-state index contributed by atoms with van der Waals surface area (Å²) < 4.78 is 26.3. The second kappa shape index (κ2) is 5.16. The predicted molar refractivity (Wildman–Crippen MR) is 79.1 cm³/mol. The first kappa shape index (κ1) is 16.6. The Morgan fingerprint density at radius 3 is 2.11 bits per heavy atom. The van der Waals surface area contributed by atoms with E-state index >= 15 is 0 Å². The third-order valence-electron chi connectivity index (χ3n) is 2.59. The van der Waals surface area contributed by atoms with Crippen LogP contribution in [0.3, 0.4) is 0 Å². The van der Waals surface area contributed by atoms with Gasteiger partial charge < -0.3 is 5.11 Å².